The van der Waals surface area contributed by atoms with E-state index in [9.17, 15) is 18.0 Å². The number of hydrogen-bond acceptors (Lipinski definition) is 4. The molecule has 1 aliphatic heterocycles. The molecule has 2 heterocycles. The average molecular weight is 377 g/mol. The molecule has 4 rings (SSSR count). The number of hydrogen-bond donors (Lipinski definition) is 1. The van der Waals surface area contributed by atoms with Crippen molar-refractivity contribution < 1.29 is 22.7 Å². The highest BCUT2D eigenvalue weighted by Crippen LogP contribution is 2.51. The third-order valence-corrected chi connectivity index (χ3v) is 5.08. The highest BCUT2D eigenvalue weighted by Gasteiger charge is 2.55. The van der Waals surface area contributed by atoms with Gasteiger partial charge in [0.2, 0.25) is 0 Å². The molecule has 1 aromatic carbocycles. The maximum absolute atomic E-state index is 12.4. The predicted molar refractivity (Wildman–Crippen MR) is 92.0 cm³/mol. The molecule has 1 aromatic heterocycles. The second kappa shape index (κ2) is 5.95. The van der Waals surface area contributed by atoms with E-state index < -0.39 is 23.8 Å². The van der Waals surface area contributed by atoms with Crippen LogP contribution >= 0.6 is 0 Å². The van der Waals surface area contributed by atoms with Crippen LogP contribution in [0.25, 0.3) is 11.3 Å². The Morgan fingerprint density at radius 1 is 1.33 bits per heavy atom. The Morgan fingerprint density at radius 2 is 2.04 bits per heavy atom. The van der Waals surface area contributed by atoms with Crippen LogP contribution in [-0.2, 0) is 9.53 Å². The minimum atomic E-state index is -4.99. The normalized spacial score (nSPS) is 24.2. The van der Waals surface area contributed by atoms with E-state index in [1.165, 1.54) is 0 Å². The lowest BCUT2D eigenvalue weighted by Crippen LogP contribution is -2.66. The Labute approximate surface area is 153 Å². The number of carbonyl (C=O) groups is 1. The number of halogens is 3. The lowest BCUT2D eigenvalue weighted by Gasteiger charge is -2.52. The number of benzene rings is 1. The summed E-state index contributed by atoms with van der Waals surface area (Å²) in [6.07, 6.45) is -3.53. The summed E-state index contributed by atoms with van der Waals surface area (Å²) in [7, 11) is 0. The second-order valence-corrected chi connectivity index (χ2v) is 7.11. The largest absolute Gasteiger partial charge is 0.490 e. The van der Waals surface area contributed by atoms with E-state index in [-0.39, 0.29) is 0 Å². The Hall–Kier alpha value is -2.61. The predicted octanol–water partition coefficient (Wildman–Crippen LogP) is 3.30. The lowest BCUT2D eigenvalue weighted by atomic mass is 9.64. The van der Waals surface area contributed by atoms with Crippen molar-refractivity contribution in [2.75, 3.05) is 6.54 Å². The molecule has 1 N–H and O–H groups in total. The van der Waals surface area contributed by atoms with Gasteiger partial charge in [-0.1, -0.05) is 24.3 Å². The van der Waals surface area contributed by atoms with Gasteiger partial charge in [0, 0.05) is 6.54 Å². The first-order chi connectivity index (χ1) is 12.7. The van der Waals surface area contributed by atoms with Gasteiger partial charge >= 0.3 is 12.1 Å². The zero-order chi connectivity index (χ0) is 19.4. The van der Waals surface area contributed by atoms with E-state index in [0.717, 1.165) is 28.2 Å². The third kappa shape index (κ3) is 2.93. The lowest BCUT2D eigenvalue weighted by molar-refractivity contribution is -0.218. The fourth-order valence-electron chi connectivity index (χ4n) is 3.61. The highest BCUT2D eigenvalue weighted by molar-refractivity contribution is 5.77. The van der Waals surface area contributed by atoms with Crippen LogP contribution in [0.4, 0.5) is 13.2 Å². The van der Waals surface area contributed by atoms with E-state index in [1.54, 1.807) is 0 Å². The molecule has 0 amide bonds. The van der Waals surface area contributed by atoms with E-state index in [1.807, 2.05) is 54.9 Å². The average Bonchev–Trinajstić information content (AvgIpc) is 2.91. The van der Waals surface area contributed by atoms with Gasteiger partial charge in [-0.05, 0) is 43.5 Å². The molecule has 1 spiro atoms. The minimum Gasteiger partial charge on any atom is -0.439 e. The van der Waals surface area contributed by atoms with Gasteiger partial charge in [-0.2, -0.15) is 18.3 Å². The van der Waals surface area contributed by atoms with Crippen LogP contribution in [0.3, 0.4) is 0 Å². The Morgan fingerprint density at radius 3 is 2.63 bits per heavy atom. The van der Waals surface area contributed by atoms with Gasteiger partial charge in [-0.3, -0.25) is 5.32 Å². The third-order valence-electron chi connectivity index (χ3n) is 5.08. The summed E-state index contributed by atoms with van der Waals surface area (Å²) in [6.45, 7) is 4.37. The van der Waals surface area contributed by atoms with Gasteiger partial charge < -0.3 is 4.74 Å². The maximum atomic E-state index is 12.4. The molecule has 0 saturated carbocycles. The first-order valence-corrected chi connectivity index (χ1v) is 8.56. The molecule has 2 atom stereocenters. The summed E-state index contributed by atoms with van der Waals surface area (Å²) in [5, 5.41) is 7.33. The molecule has 0 bridgehead atoms. The molecule has 2 unspecified atom stereocenters. The van der Waals surface area contributed by atoms with Crippen molar-refractivity contribution in [2.45, 2.75) is 32.7 Å². The van der Waals surface area contributed by atoms with Gasteiger partial charge in [0.25, 0.3) is 0 Å². The van der Waals surface area contributed by atoms with E-state index >= 15 is 0 Å². The molecular formula is C19H18F3N3O2. The highest BCUT2D eigenvalue weighted by atomic mass is 19.4. The number of carbonyl (C=O) groups excluding carboxylic acids is 1. The van der Waals surface area contributed by atoms with Crippen molar-refractivity contribution in [1.82, 2.24) is 15.1 Å². The van der Waals surface area contributed by atoms with Crippen LogP contribution in [0.15, 0.2) is 36.4 Å². The summed E-state index contributed by atoms with van der Waals surface area (Å²) in [6, 6.07) is 9.80. The van der Waals surface area contributed by atoms with Crippen molar-refractivity contribution in [2.24, 2.45) is 5.41 Å². The Bertz CT molecular complexity index is 948. The molecule has 0 radical (unpaired) electrons. The SMILES string of the molecule is Cc1cc(C2=CC3(CNC3OC(=O)C(F)(F)F)C2)n(-c2ccccc2C)n1. The zero-order valence-electron chi connectivity index (χ0n) is 14.8. The summed E-state index contributed by atoms with van der Waals surface area (Å²) in [5.74, 6) is -2.17. The number of nitrogens with one attached hydrogen (secondary N) is 1. The van der Waals surface area contributed by atoms with Crippen molar-refractivity contribution in [3.8, 4) is 5.69 Å². The number of aromatic nitrogens is 2. The monoisotopic (exact) mass is 377 g/mol. The summed E-state index contributed by atoms with van der Waals surface area (Å²) >= 11 is 0. The standard InChI is InChI=1S/C19H18F3N3O2/c1-11-5-3-4-6-14(11)25-15(7-12(2)24-25)13-8-18(9-13)10-23-16(18)27-17(26)19(20,21)22/h3-8,16,23H,9-10H2,1-2H3. The topological polar surface area (TPSA) is 56.1 Å². The number of nitrogens with zero attached hydrogens (tertiary/aromatic N) is 2. The molecule has 2 aliphatic rings. The molecular weight excluding hydrogens is 359 g/mol. The molecule has 1 saturated heterocycles. The van der Waals surface area contributed by atoms with Gasteiger partial charge in [0.05, 0.1) is 22.5 Å². The van der Waals surface area contributed by atoms with Crippen LogP contribution in [0.5, 0.6) is 0 Å². The number of allylic oxidation sites excluding steroid dienone is 1. The van der Waals surface area contributed by atoms with E-state index in [2.05, 4.69) is 15.2 Å². The Kier molecular flexibility index (Phi) is 3.92. The maximum Gasteiger partial charge on any atom is 0.490 e. The second-order valence-electron chi connectivity index (χ2n) is 7.11. The molecule has 142 valence electrons. The smallest absolute Gasteiger partial charge is 0.439 e. The van der Waals surface area contributed by atoms with Gasteiger partial charge in [0.1, 0.15) is 0 Å². The summed E-state index contributed by atoms with van der Waals surface area (Å²) < 4.78 is 43.8. The van der Waals surface area contributed by atoms with Crippen LogP contribution in [-0.4, -0.2) is 34.7 Å². The van der Waals surface area contributed by atoms with E-state index in [4.69, 9.17) is 0 Å². The van der Waals surface area contributed by atoms with Crippen LogP contribution in [0.1, 0.15) is 23.4 Å². The molecule has 1 fully saturated rings. The zero-order valence-corrected chi connectivity index (χ0v) is 14.8. The number of esters is 1. The molecule has 1 aliphatic carbocycles. The van der Waals surface area contributed by atoms with Crippen molar-refractivity contribution in [1.29, 1.82) is 0 Å². The van der Waals surface area contributed by atoms with Crippen LogP contribution in [0.2, 0.25) is 0 Å². The molecule has 27 heavy (non-hydrogen) atoms. The summed E-state index contributed by atoms with van der Waals surface area (Å²) in [4.78, 5) is 11.1. The summed E-state index contributed by atoms with van der Waals surface area (Å²) in [5.41, 5.74) is 4.17. The fourth-order valence-corrected chi connectivity index (χ4v) is 3.61. The van der Waals surface area contributed by atoms with Crippen molar-refractivity contribution >= 4 is 11.5 Å². The number of alkyl halides is 3. The molecule has 5 nitrogen and oxygen atoms in total. The van der Waals surface area contributed by atoms with Gasteiger partial charge in [0.15, 0.2) is 6.23 Å². The van der Waals surface area contributed by atoms with Crippen molar-refractivity contribution in [3.05, 3.63) is 53.4 Å². The first-order valence-electron chi connectivity index (χ1n) is 8.56. The number of rotatable bonds is 3. The molecule has 8 heteroatoms. The number of aryl methyl sites for hydroxylation is 2. The fraction of sp³-hybridized carbons (Fsp3) is 0.368. The van der Waals surface area contributed by atoms with Gasteiger partial charge in [-0.25, -0.2) is 9.48 Å². The van der Waals surface area contributed by atoms with Crippen LogP contribution < -0.4 is 5.32 Å². The van der Waals surface area contributed by atoms with E-state index in [0.29, 0.717) is 13.0 Å². The minimum absolute atomic E-state index is 0.476. The van der Waals surface area contributed by atoms with Gasteiger partial charge in [-0.15, -0.1) is 0 Å². The number of para-hydroxylation sites is 1. The van der Waals surface area contributed by atoms with Crippen LogP contribution in [0, 0.1) is 19.3 Å². The molecule has 2 aromatic rings. The number of ether oxygens (including phenoxy) is 1. The first kappa shape index (κ1) is 17.8. The quantitative estimate of drug-likeness (QED) is 0.834. The van der Waals surface area contributed by atoms with Crippen molar-refractivity contribution in [3.63, 3.8) is 0 Å². The Balaban J connectivity index is 1.59.